The van der Waals surface area contributed by atoms with E-state index in [1.165, 1.54) is 18.3 Å². The summed E-state index contributed by atoms with van der Waals surface area (Å²) in [7, 11) is 0. The van der Waals surface area contributed by atoms with Gasteiger partial charge < -0.3 is 15.8 Å². The lowest BCUT2D eigenvalue weighted by atomic mass is 10.0. The highest BCUT2D eigenvalue weighted by atomic mass is 32.2. The molecule has 5 N–H and O–H groups in total. The molecule has 7 nitrogen and oxygen atoms in total. The normalized spacial score (nSPS) is 10.3. The van der Waals surface area contributed by atoms with E-state index in [0.717, 1.165) is 5.75 Å². The van der Waals surface area contributed by atoms with Crippen molar-refractivity contribution >= 4 is 29.3 Å². The Hall–Kier alpha value is -3.36. The summed E-state index contributed by atoms with van der Waals surface area (Å²) in [6.45, 7) is 4.94. The van der Waals surface area contributed by atoms with E-state index in [0.29, 0.717) is 35.8 Å². The molecule has 0 fully saturated rings. The number of benzene rings is 2. The maximum Gasteiger partial charge on any atom is 0.141 e. The summed E-state index contributed by atoms with van der Waals surface area (Å²) in [4.78, 5) is 8.30. The number of rotatable bonds is 10. The largest absolute Gasteiger partial charge is 0.457 e. The second-order valence-corrected chi connectivity index (χ2v) is 6.76. The van der Waals surface area contributed by atoms with Crippen LogP contribution in [0.1, 0.15) is 11.1 Å². The smallest absolute Gasteiger partial charge is 0.141 e. The minimum absolute atomic E-state index is 0.241. The van der Waals surface area contributed by atoms with Crippen molar-refractivity contribution in [3.8, 4) is 11.5 Å². The highest BCUT2D eigenvalue weighted by Crippen LogP contribution is 2.25. The maximum absolute atomic E-state index is 8.62. The predicted octanol–water partition coefficient (Wildman–Crippen LogP) is 4.06. The standard InChI is InChI=1S/C21H22N6OS/c1-2-29-27-13-12-24-21-18(20(23)25-14-26-21)19(22)15-8-10-17(11-9-15)28-16-6-4-3-5-7-16/h2-11,14,22,27H,1,12-13H2,(H3,23,24,25,26). The van der Waals surface area contributed by atoms with Gasteiger partial charge in [0, 0.05) is 18.7 Å². The lowest BCUT2D eigenvalue weighted by molar-refractivity contribution is 0.482. The Kier molecular flexibility index (Phi) is 7.21. The van der Waals surface area contributed by atoms with Gasteiger partial charge in [0.2, 0.25) is 0 Å². The molecule has 8 heteroatoms. The first-order chi connectivity index (χ1) is 14.2. The zero-order valence-corrected chi connectivity index (χ0v) is 16.6. The molecule has 3 aromatic rings. The number of ether oxygens (including phenoxy) is 1. The van der Waals surface area contributed by atoms with Crippen molar-refractivity contribution in [3.63, 3.8) is 0 Å². The van der Waals surface area contributed by atoms with E-state index in [1.54, 1.807) is 5.41 Å². The molecule has 1 aromatic heterocycles. The van der Waals surface area contributed by atoms with Gasteiger partial charge in [0.1, 0.15) is 29.5 Å². The fourth-order valence-electron chi connectivity index (χ4n) is 2.59. The number of nitrogens with zero attached hydrogens (tertiary/aromatic N) is 2. The topological polar surface area (TPSA) is 109 Å². The highest BCUT2D eigenvalue weighted by Gasteiger charge is 2.16. The molecule has 29 heavy (non-hydrogen) atoms. The van der Waals surface area contributed by atoms with Crippen LogP contribution < -0.4 is 20.5 Å². The summed E-state index contributed by atoms with van der Waals surface area (Å²) in [5, 5.41) is 13.5. The average molecular weight is 407 g/mol. The quantitative estimate of drug-likeness (QED) is 0.228. The molecule has 0 saturated heterocycles. The van der Waals surface area contributed by atoms with Crippen molar-refractivity contribution in [1.82, 2.24) is 14.7 Å². The van der Waals surface area contributed by atoms with E-state index < -0.39 is 0 Å². The van der Waals surface area contributed by atoms with Crippen LogP contribution in [0.25, 0.3) is 0 Å². The number of anilines is 2. The van der Waals surface area contributed by atoms with E-state index in [4.69, 9.17) is 15.9 Å². The van der Waals surface area contributed by atoms with E-state index in [2.05, 4.69) is 26.6 Å². The number of para-hydroxylation sites is 1. The van der Waals surface area contributed by atoms with Crippen LogP contribution in [0.15, 0.2) is 72.9 Å². The van der Waals surface area contributed by atoms with Crippen molar-refractivity contribution in [1.29, 1.82) is 5.41 Å². The summed E-state index contributed by atoms with van der Waals surface area (Å²) in [6.07, 6.45) is 1.39. The van der Waals surface area contributed by atoms with Gasteiger partial charge in [0.05, 0.1) is 11.3 Å². The summed E-state index contributed by atoms with van der Waals surface area (Å²) in [5.41, 5.74) is 7.46. The highest BCUT2D eigenvalue weighted by molar-refractivity contribution is 8.00. The lowest BCUT2D eigenvalue weighted by Gasteiger charge is -2.14. The first-order valence-electron chi connectivity index (χ1n) is 8.95. The van der Waals surface area contributed by atoms with Crippen LogP contribution in [0.4, 0.5) is 11.6 Å². The molecule has 2 aromatic carbocycles. The van der Waals surface area contributed by atoms with Gasteiger partial charge in [-0.1, -0.05) is 36.7 Å². The van der Waals surface area contributed by atoms with Crippen molar-refractivity contribution in [2.45, 2.75) is 0 Å². The summed E-state index contributed by atoms with van der Waals surface area (Å²) in [6, 6.07) is 16.8. The first kappa shape index (κ1) is 20.4. The maximum atomic E-state index is 8.62. The zero-order chi connectivity index (χ0) is 20.5. The SMILES string of the molecule is C=CSNCCNc1ncnc(N)c1C(=N)c1ccc(Oc2ccccc2)cc1. The van der Waals surface area contributed by atoms with Gasteiger partial charge >= 0.3 is 0 Å². The minimum atomic E-state index is 0.241. The second-order valence-electron chi connectivity index (χ2n) is 5.90. The molecule has 0 spiro atoms. The Morgan fingerprint density at radius 1 is 1.07 bits per heavy atom. The molecule has 0 unspecified atom stereocenters. The number of nitrogens with two attached hydrogens (primary N) is 1. The Bertz CT molecular complexity index is 963. The number of hydrogen-bond donors (Lipinski definition) is 4. The molecular weight excluding hydrogens is 384 g/mol. The van der Waals surface area contributed by atoms with E-state index in [9.17, 15) is 0 Å². The molecule has 0 bridgehead atoms. The third kappa shape index (κ3) is 5.56. The molecular formula is C21H22N6OS. The fourth-order valence-corrected chi connectivity index (χ4v) is 2.93. The van der Waals surface area contributed by atoms with Gasteiger partial charge in [0.25, 0.3) is 0 Å². The molecule has 0 amide bonds. The monoisotopic (exact) mass is 406 g/mol. The Balaban J connectivity index is 1.73. The Morgan fingerprint density at radius 3 is 2.52 bits per heavy atom. The van der Waals surface area contributed by atoms with Crippen molar-refractivity contribution in [2.24, 2.45) is 0 Å². The lowest BCUT2D eigenvalue weighted by Crippen LogP contribution is -2.19. The average Bonchev–Trinajstić information content (AvgIpc) is 2.74. The first-order valence-corrected chi connectivity index (χ1v) is 9.83. The summed E-state index contributed by atoms with van der Waals surface area (Å²) in [5.74, 6) is 2.22. The van der Waals surface area contributed by atoms with Gasteiger partial charge in [0.15, 0.2) is 0 Å². The van der Waals surface area contributed by atoms with Crippen molar-refractivity contribution < 1.29 is 4.74 Å². The van der Waals surface area contributed by atoms with Gasteiger partial charge in [-0.25, -0.2) is 9.97 Å². The number of nitrogen functional groups attached to an aromatic ring is 1. The molecule has 3 rings (SSSR count). The van der Waals surface area contributed by atoms with Crippen LogP contribution >= 0.6 is 11.9 Å². The molecule has 0 saturated carbocycles. The molecule has 0 aliphatic heterocycles. The van der Waals surface area contributed by atoms with Crippen LogP contribution in [0.3, 0.4) is 0 Å². The molecule has 1 heterocycles. The third-order valence-corrected chi connectivity index (χ3v) is 4.47. The number of hydrogen-bond acceptors (Lipinski definition) is 8. The predicted molar refractivity (Wildman–Crippen MR) is 120 cm³/mol. The van der Waals surface area contributed by atoms with Crippen LogP contribution in [0, 0.1) is 5.41 Å². The number of nitrogens with one attached hydrogen (secondary N) is 3. The molecule has 148 valence electrons. The molecule has 0 aliphatic carbocycles. The molecule has 0 aliphatic rings. The van der Waals surface area contributed by atoms with Crippen molar-refractivity contribution in [2.75, 3.05) is 24.1 Å². The van der Waals surface area contributed by atoms with Crippen LogP contribution in [0.5, 0.6) is 11.5 Å². The van der Waals surface area contributed by atoms with Gasteiger partial charge in [-0.05, 0) is 41.8 Å². The Morgan fingerprint density at radius 2 is 1.79 bits per heavy atom. The van der Waals surface area contributed by atoms with E-state index in [-0.39, 0.29) is 11.5 Å². The van der Waals surface area contributed by atoms with E-state index >= 15 is 0 Å². The summed E-state index contributed by atoms with van der Waals surface area (Å²) < 4.78 is 8.92. The van der Waals surface area contributed by atoms with Crippen LogP contribution in [-0.4, -0.2) is 28.8 Å². The fraction of sp³-hybridized carbons (Fsp3) is 0.0952. The van der Waals surface area contributed by atoms with E-state index in [1.807, 2.05) is 54.6 Å². The third-order valence-electron chi connectivity index (χ3n) is 3.93. The molecule has 0 radical (unpaired) electrons. The van der Waals surface area contributed by atoms with Crippen LogP contribution in [-0.2, 0) is 0 Å². The van der Waals surface area contributed by atoms with Gasteiger partial charge in [-0.3, -0.25) is 10.1 Å². The minimum Gasteiger partial charge on any atom is -0.457 e. The Labute approximate surface area is 174 Å². The van der Waals surface area contributed by atoms with Crippen molar-refractivity contribution in [3.05, 3.63) is 84.0 Å². The second kappa shape index (κ2) is 10.3. The molecule has 0 atom stereocenters. The zero-order valence-electron chi connectivity index (χ0n) is 15.8. The van der Waals surface area contributed by atoms with Gasteiger partial charge in [-0.2, -0.15) is 0 Å². The summed E-state index contributed by atoms with van der Waals surface area (Å²) >= 11 is 1.42. The number of aromatic nitrogens is 2. The van der Waals surface area contributed by atoms with Crippen LogP contribution in [0.2, 0.25) is 0 Å². The van der Waals surface area contributed by atoms with Gasteiger partial charge in [-0.15, -0.1) is 0 Å².